The van der Waals surface area contributed by atoms with Crippen LogP contribution in [0.5, 0.6) is 11.5 Å². The van der Waals surface area contributed by atoms with Gasteiger partial charge in [0, 0.05) is 26.2 Å². The van der Waals surface area contributed by atoms with E-state index in [1.54, 1.807) is 14.2 Å². The predicted octanol–water partition coefficient (Wildman–Crippen LogP) is 3.25. The summed E-state index contributed by atoms with van der Waals surface area (Å²) in [4.78, 5) is 4.68. The SMILES string of the molecule is CCNC(=NCCC(OCC)C(C)C)NCCc1ccc(OC)c(OC)c1. The number of guanidine groups is 1. The van der Waals surface area contributed by atoms with Crippen molar-refractivity contribution in [3.8, 4) is 11.5 Å². The van der Waals surface area contributed by atoms with E-state index >= 15 is 0 Å². The van der Waals surface area contributed by atoms with Gasteiger partial charge in [0.2, 0.25) is 0 Å². The van der Waals surface area contributed by atoms with Gasteiger partial charge >= 0.3 is 0 Å². The highest BCUT2D eigenvalue weighted by Crippen LogP contribution is 2.27. The van der Waals surface area contributed by atoms with E-state index in [2.05, 4.69) is 42.5 Å². The largest absolute Gasteiger partial charge is 0.493 e. The number of nitrogens with one attached hydrogen (secondary N) is 2. The molecular formula is C21H37N3O3. The van der Waals surface area contributed by atoms with E-state index in [4.69, 9.17) is 14.2 Å². The van der Waals surface area contributed by atoms with E-state index in [1.165, 1.54) is 5.56 Å². The zero-order valence-corrected chi connectivity index (χ0v) is 17.8. The van der Waals surface area contributed by atoms with Crippen molar-refractivity contribution < 1.29 is 14.2 Å². The Morgan fingerprint density at radius 1 is 1.07 bits per heavy atom. The van der Waals surface area contributed by atoms with Crippen LogP contribution in [0.25, 0.3) is 0 Å². The van der Waals surface area contributed by atoms with Crippen LogP contribution in [-0.4, -0.2) is 52.5 Å². The molecule has 0 amide bonds. The van der Waals surface area contributed by atoms with Gasteiger partial charge < -0.3 is 24.8 Å². The molecule has 0 aromatic heterocycles. The molecule has 0 heterocycles. The maximum absolute atomic E-state index is 5.79. The van der Waals surface area contributed by atoms with Crippen LogP contribution >= 0.6 is 0 Å². The first-order valence-corrected chi connectivity index (χ1v) is 9.90. The van der Waals surface area contributed by atoms with Crippen LogP contribution in [0.3, 0.4) is 0 Å². The van der Waals surface area contributed by atoms with Crippen molar-refractivity contribution in [2.45, 2.75) is 46.6 Å². The first-order chi connectivity index (χ1) is 13.0. The summed E-state index contributed by atoms with van der Waals surface area (Å²) in [6, 6.07) is 6.01. The Balaban J connectivity index is 2.54. The molecule has 0 saturated carbocycles. The fraction of sp³-hybridized carbons (Fsp3) is 0.667. The summed E-state index contributed by atoms with van der Waals surface area (Å²) in [5, 5.41) is 6.69. The monoisotopic (exact) mass is 379 g/mol. The fourth-order valence-electron chi connectivity index (χ4n) is 2.83. The molecule has 0 bridgehead atoms. The van der Waals surface area contributed by atoms with Crippen molar-refractivity contribution in [1.82, 2.24) is 10.6 Å². The lowest BCUT2D eigenvalue weighted by molar-refractivity contribution is 0.0266. The second kappa shape index (κ2) is 13.3. The molecule has 0 aliphatic rings. The van der Waals surface area contributed by atoms with Crippen molar-refractivity contribution in [1.29, 1.82) is 0 Å². The van der Waals surface area contributed by atoms with Crippen LogP contribution in [0, 0.1) is 5.92 Å². The van der Waals surface area contributed by atoms with Crippen LogP contribution in [0.1, 0.15) is 39.7 Å². The molecule has 6 heteroatoms. The number of benzene rings is 1. The summed E-state index contributed by atoms with van der Waals surface area (Å²) in [6.07, 6.45) is 2.06. The highest BCUT2D eigenvalue weighted by Gasteiger charge is 2.12. The number of hydrogen-bond acceptors (Lipinski definition) is 4. The Morgan fingerprint density at radius 2 is 1.81 bits per heavy atom. The molecule has 0 radical (unpaired) electrons. The van der Waals surface area contributed by atoms with Gasteiger partial charge in [0.25, 0.3) is 0 Å². The van der Waals surface area contributed by atoms with Crippen molar-refractivity contribution in [2.75, 3.05) is 40.5 Å². The van der Waals surface area contributed by atoms with Gasteiger partial charge in [-0.2, -0.15) is 0 Å². The van der Waals surface area contributed by atoms with E-state index < -0.39 is 0 Å². The van der Waals surface area contributed by atoms with Gasteiger partial charge in [-0.3, -0.25) is 4.99 Å². The lowest BCUT2D eigenvalue weighted by Crippen LogP contribution is -2.38. The molecule has 0 aliphatic heterocycles. The molecule has 1 rings (SSSR count). The number of ether oxygens (including phenoxy) is 3. The summed E-state index contributed by atoms with van der Waals surface area (Å²) in [5.41, 5.74) is 1.19. The average Bonchev–Trinajstić information content (AvgIpc) is 2.66. The van der Waals surface area contributed by atoms with Gasteiger partial charge in [-0.1, -0.05) is 19.9 Å². The molecule has 1 aromatic rings. The lowest BCUT2D eigenvalue weighted by atomic mass is 10.0. The van der Waals surface area contributed by atoms with E-state index in [9.17, 15) is 0 Å². The third-order valence-electron chi connectivity index (χ3n) is 4.31. The van der Waals surface area contributed by atoms with Crippen molar-refractivity contribution >= 4 is 5.96 Å². The fourth-order valence-corrected chi connectivity index (χ4v) is 2.83. The van der Waals surface area contributed by atoms with E-state index in [0.29, 0.717) is 5.92 Å². The van der Waals surface area contributed by atoms with Gasteiger partial charge in [0.15, 0.2) is 17.5 Å². The van der Waals surface area contributed by atoms with Gasteiger partial charge in [-0.15, -0.1) is 0 Å². The number of aliphatic imine (C=N–C) groups is 1. The maximum atomic E-state index is 5.79. The topological polar surface area (TPSA) is 64.1 Å². The second-order valence-electron chi connectivity index (χ2n) is 6.65. The summed E-state index contributed by atoms with van der Waals surface area (Å²) >= 11 is 0. The van der Waals surface area contributed by atoms with Gasteiger partial charge in [0.1, 0.15) is 0 Å². The Morgan fingerprint density at radius 3 is 2.41 bits per heavy atom. The van der Waals surface area contributed by atoms with Crippen LogP contribution < -0.4 is 20.1 Å². The zero-order valence-electron chi connectivity index (χ0n) is 17.8. The van der Waals surface area contributed by atoms with Gasteiger partial charge in [-0.25, -0.2) is 0 Å². The first kappa shape index (κ1) is 23.1. The Bertz CT molecular complexity index is 562. The summed E-state index contributed by atoms with van der Waals surface area (Å²) in [6.45, 7) is 11.6. The molecule has 27 heavy (non-hydrogen) atoms. The molecule has 1 aromatic carbocycles. The molecule has 0 fully saturated rings. The highest BCUT2D eigenvalue weighted by atomic mass is 16.5. The second-order valence-corrected chi connectivity index (χ2v) is 6.65. The van der Waals surface area contributed by atoms with Gasteiger partial charge in [-0.05, 0) is 50.3 Å². The highest BCUT2D eigenvalue weighted by molar-refractivity contribution is 5.79. The quantitative estimate of drug-likeness (QED) is 0.431. The molecule has 0 spiro atoms. The first-order valence-electron chi connectivity index (χ1n) is 9.90. The van der Waals surface area contributed by atoms with Crippen LogP contribution in [0.4, 0.5) is 0 Å². The third kappa shape index (κ3) is 8.52. The third-order valence-corrected chi connectivity index (χ3v) is 4.31. The minimum atomic E-state index is 0.258. The average molecular weight is 380 g/mol. The van der Waals surface area contributed by atoms with E-state index in [-0.39, 0.29) is 6.10 Å². The predicted molar refractivity (Wildman–Crippen MR) is 112 cm³/mol. The smallest absolute Gasteiger partial charge is 0.191 e. The summed E-state index contributed by atoms with van der Waals surface area (Å²) in [7, 11) is 3.30. The lowest BCUT2D eigenvalue weighted by Gasteiger charge is -2.20. The minimum Gasteiger partial charge on any atom is -0.493 e. The van der Waals surface area contributed by atoms with Crippen LogP contribution in [-0.2, 0) is 11.2 Å². The molecule has 6 nitrogen and oxygen atoms in total. The maximum Gasteiger partial charge on any atom is 0.191 e. The van der Waals surface area contributed by atoms with Crippen molar-refractivity contribution in [3.63, 3.8) is 0 Å². The minimum absolute atomic E-state index is 0.258. The number of rotatable bonds is 12. The standard InChI is InChI=1S/C21H37N3O3/c1-7-22-21(24-14-12-18(16(3)4)27-8-2)23-13-11-17-9-10-19(25-5)20(15-17)26-6/h9-10,15-16,18H,7-8,11-14H2,1-6H3,(H2,22,23,24). The van der Waals surface area contributed by atoms with Crippen molar-refractivity contribution in [2.24, 2.45) is 10.9 Å². The molecule has 0 saturated heterocycles. The Labute approximate surface area is 164 Å². The number of hydrogen-bond donors (Lipinski definition) is 2. The molecule has 154 valence electrons. The van der Waals surface area contributed by atoms with E-state index in [1.807, 2.05) is 19.1 Å². The Kier molecular flexibility index (Phi) is 11.3. The zero-order chi connectivity index (χ0) is 20.1. The number of methoxy groups -OCH3 is 2. The molecule has 1 atom stereocenters. The molecular weight excluding hydrogens is 342 g/mol. The molecule has 1 unspecified atom stereocenters. The molecule has 2 N–H and O–H groups in total. The summed E-state index contributed by atoms with van der Waals surface area (Å²) in [5.74, 6) is 2.85. The normalized spacial score (nSPS) is 12.8. The van der Waals surface area contributed by atoms with Crippen molar-refractivity contribution in [3.05, 3.63) is 23.8 Å². The molecule has 0 aliphatic carbocycles. The summed E-state index contributed by atoms with van der Waals surface area (Å²) < 4.78 is 16.4. The number of nitrogens with zero attached hydrogens (tertiary/aromatic N) is 1. The van der Waals surface area contributed by atoms with Gasteiger partial charge in [0.05, 0.1) is 20.3 Å². The van der Waals surface area contributed by atoms with Crippen LogP contribution in [0.2, 0.25) is 0 Å². The van der Waals surface area contributed by atoms with E-state index in [0.717, 1.165) is 56.5 Å². The Hall–Kier alpha value is -1.95. The van der Waals surface area contributed by atoms with Crippen LogP contribution in [0.15, 0.2) is 23.2 Å².